The van der Waals surface area contributed by atoms with E-state index in [-0.39, 0.29) is 23.6 Å². The number of methoxy groups -OCH3 is 1. The van der Waals surface area contributed by atoms with Crippen molar-refractivity contribution in [2.45, 2.75) is 6.92 Å². The Hall–Kier alpha value is -4.66. The number of carbonyl (C=O) groups is 4. The predicted molar refractivity (Wildman–Crippen MR) is 122 cm³/mol. The quantitative estimate of drug-likeness (QED) is 0.338. The molecule has 1 aromatic heterocycles. The van der Waals surface area contributed by atoms with Crippen molar-refractivity contribution in [3.8, 4) is 17.1 Å². The van der Waals surface area contributed by atoms with Gasteiger partial charge in [0.05, 0.1) is 25.0 Å². The molecule has 1 aliphatic heterocycles. The molecule has 4 rings (SSSR count). The summed E-state index contributed by atoms with van der Waals surface area (Å²) in [5.41, 5.74) is 1.12. The Kier molecular flexibility index (Phi) is 6.26. The SMILES string of the molecule is CCOC(=O)c1ccc(-c2ccc(/C=C3/C(=O)NC(=O)N(c4ccc(OC)cc4)C3=O)o2)cc1. The van der Waals surface area contributed by atoms with Gasteiger partial charge >= 0.3 is 12.0 Å². The molecular formula is C25H20N2O7. The third kappa shape index (κ3) is 4.44. The van der Waals surface area contributed by atoms with Crippen molar-refractivity contribution >= 4 is 35.6 Å². The number of furan rings is 1. The van der Waals surface area contributed by atoms with Gasteiger partial charge in [0.2, 0.25) is 0 Å². The number of amides is 4. The maximum atomic E-state index is 13.0. The van der Waals surface area contributed by atoms with E-state index in [4.69, 9.17) is 13.9 Å². The second-order valence-corrected chi connectivity index (χ2v) is 7.16. The molecule has 0 radical (unpaired) electrons. The van der Waals surface area contributed by atoms with E-state index in [0.717, 1.165) is 4.90 Å². The fourth-order valence-electron chi connectivity index (χ4n) is 3.34. The van der Waals surface area contributed by atoms with Crippen molar-refractivity contribution in [3.05, 3.63) is 77.6 Å². The minimum atomic E-state index is -0.848. The van der Waals surface area contributed by atoms with Crippen molar-refractivity contribution in [2.75, 3.05) is 18.6 Å². The summed E-state index contributed by atoms with van der Waals surface area (Å²) in [5.74, 6) is -0.760. The van der Waals surface area contributed by atoms with Crippen LogP contribution in [0.25, 0.3) is 17.4 Å². The predicted octanol–water partition coefficient (Wildman–Crippen LogP) is 3.80. The minimum Gasteiger partial charge on any atom is -0.497 e. The molecule has 0 unspecified atom stereocenters. The lowest BCUT2D eigenvalue weighted by Crippen LogP contribution is -2.54. The fraction of sp³-hybridized carbons (Fsp3) is 0.120. The number of ether oxygens (including phenoxy) is 2. The number of hydrogen-bond donors (Lipinski definition) is 1. The molecule has 1 saturated heterocycles. The lowest BCUT2D eigenvalue weighted by Gasteiger charge is -2.26. The van der Waals surface area contributed by atoms with Crippen molar-refractivity contribution in [1.29, 1.82) is 0 Å². The van der Waals surface area contributed by atoms with Gasteiger partial charge in [0, 0.05) is 5.56 Å². The van der Waals surface area contributed by atoms with Gasteiger partial charge in [0.1, 0.15) is 22.8 Å². The Morgan fingerprint density at radius 3 is 2.35 bits per heavy atom. The molecule has 4 amide bonds. The van der Waals surface area contributed by atoms with E-state index < -0.39 is 23.8 Å². The lowest BCUT2D eigenvalue weighted by atomic mass is 10.1. The van der Waals surface area contributed by atoms with E-state index in [9.17, 15) is 19.2 Å². The Bertz CT molecular complexity index is 1290. The molecule has 2 aromatic carbocycles. The molecule has 172 valence electrons. The number of nitrogens with zero attached hydrogens (tertiary/aromatic N) is 1. The lowest BCUT2D eigenvalue weighted by molar-refractivity contribution is -0.122. The van der Waals surface area contributed by atoms with Crippen LogP contribution in [0, 0.1) is 0 Å². The zero-order valence-corrected chi connectivity index (χ0v) is 18.4. The first-order chi connectivity index (χ1) is 16.4. The number of esters is 1. The number of hydrogen-bond acceptors (Lipinski definition) is 7. The van der Waals surface area contributed by atoms with E-state index in [1.165, 1.54) is 25.3 Å². The van der Waals surface area contributed by atoms with Crippen LogP contribution >= 0.6 is 0 Å². The number of barbiturate groups is 1. The Morgan fingerprint density at radius 1 is 1.00 bits per heavy atom. The summed E-state index contributed by atoms with van der Waals surface area (Å²) < 4.78 is 15.8. The summed E-state index contributed by atoms with van der Waals surface area (Å²) in [4.78, 5) is 50.4. The van der Waals surface area contributed by atoms with E-state index in [2.05, 4.69) is 5.32 Å². The van der Waals surface area contributed by atoms with Gasteiger partial charge in [-0.25, -0.2) is 14.5 Å². The van der Waals surface area contributed by atoms with Crippen LogP contribution in [-0.4, -0.2) is 37.5 Å². The highest BCUT2D eigenvalue weighted by atomic mass is 16.5. The summed E-state index contributed by atoms with van der Waals surface area (Å²) in [6.45, 7) is 2.01. The number of carbonyl (C=O) groups excluding carboxylic acids is 4. The maximum Gasteiger partial charge on any atom is 0.338 e. The first-order valence-electron chi connectivity index (χ1n) is 10.3. The average Bonchev–Trinajstić information content (AvgIpc) is 3.31. The number of rotatable bonds is 6. The maximum absolute atomic E-state index is 13.0. The standard InChI is InChI=1S/C25H20N2O7/c1-3-33-24(30)16-6-4-15(5-7-16)21-13-12-19(34-21)14-20-22(28)26-25(31)27(23(20)29)17-8-10-18(32-2)11-9-17/h4-14H,3H2,1-2H3,(H,26,28,31)/b20-14-. The van der Waals surface area contributed by atoms with Crippen molar-refractivity contribution in [3.63, 3.8) is 0 Å². The fourth-order valence-corrected chi connectivity index (χ4v) is 3.34. The summed E-state index contributed by atoms with van der Waals surface area (Å²) in [5, 5.41) is 2.17. The Labute approximate surface area is 194 Å². The summed E-state index contributed by atoms with van der Waals surface area (Å²) >= 11 is 0. The molecule has 34 heavy (non-hydrogen) atoms. The Balaban J connectivity index is 1.58. The van der Waals surface area contributed by atoms with Gasteiger partial charge in [-0.1, -0.05) is 12.1 Å². The first kappa shape index (κ1) is 22.5. The molecule has 1 fully saturated rings. The van der Waals surface area contributed by atoms with Crippen LogP contribution in [0.4, 0.5) is 10.5 Å². The van der Waals surface area contributed by atoms with E-state index in [1.54, 1.807) is 55.5 Å². The molecule has 0 atom stereocenters. The van der Waals surface area contributed by atoms with Gasteiger partial charge in [0.15, 0.2) is 0 Å². The van der Waals surface area contributed by atoms with Crippen LogP contribution in [-0.2, 0) is 14.3 Å². The van der Waals surface area contributed by atoms with Gasteiger partial charge in [-0.15, -0.1) is 0 Å². The second-order valence-electron chi connectivity index (χ2n) is 7.16. The zero-order valence-electron chi connectivity index (χ0n) is 18.4. The number of urea groups is 1. The van der Waals surface area contributed by atoms with Gasteiger partial charge < -0.3 is 13.9 Å². The molecule has 1 aliphatic rings. The van der Waals surface area contributed by atoms with Crippen LogP contribution in [0.1, 0.15) is 23.0 Å². The van der Waals surface area contributed by atoms with Gasteiger partial charge in [-0.05, 0) is 61.5 Å². The molecule has 3 aromatic rings. The van der Waals surface area contributed by atoms with Crippen LogP contribution in [0.3, 0.4) is 0 Å². The normalized spacial score (nSPS) is 14.8. The second kappa shape index (κ2) is 9.45. The molecule has 9 nitrogen and oxygen atoms in total. The molecule has 0 saturated carbocycles. The molecule has 0 bridgehead atoms. The monoisotopic (exact) mass is 460 g/mol. The van der Waals surface area contributed by atoms with Crippen molar-refractivity contribution in [2.24, 2.45) is 0 Å². The topological polar surface area (TPSA) is 115 Å². The number of imide groups is 2. The van der Waals surface area contributed by atoms with Gasteiger partial charge in [0.25, 0.3) is 11.8 Å². The summed E-state index contributed by atoms with van der Waals surface area (Å²) in [7, 11) is 1.50. The van der Waals surface area contributed by atoms with E-state index in [0.29, 0.717) is 22.6 Å². The molecule has 1 N–H and O–H groups in total. The van der Waals surface area contributed by atoms with Crippen LogP contribution in [0.5, 0.6) is 5.75 Å². The van der Waals surface area contributed by atoms with Crippen molar-refractivity contribution in [1.82, 2.24) is 5.32 Å². The minimum absolute atomic E-state index is 0.243. The van der Waals surface area contributed by atoms with Gasteiger partial charge in [-0.2, -0.15) is 0 Å². The average molecular weight is 460 g/mol. The smallest absolute Gasteiger partial charge is 0.338 e. The zero-order chi connectivity index (χ0) is 24.2. The van der Waals surface area contributed by atoms with Crippen molar-refractivity contribution < 1.29 is 33.1 Å². The first-order valence-corrected chi connectivity index (χ1v) is 10.3. The summed E-state index contributed by atoms with van der Waals surface area (Å²) in [6, 6.07) is 15.3. The van der Waals surface area contributed by atoms with E-state index >= 15 is 0 Å². The van der Waals surface area contributed by atoms with Gasteiger partial charge in [-0.3, -0.25) is 14.9 Å². The largest absolute Gasteiger partial charge is 0.497 e. The molecule has 9 heteroatoms. The van der Waals surface area contributed by atoms with E-state index in [1.807, 2.05) is 0 Å². The third-order valence-electron chi connectivity index (χ3n) is 5.03. The number of benzene rings is 2. The highest BCUT2D eigenvalue weighted by Crippen LogP contribution is 2.27. The third-order valence-corrected chi connectivity index (χ3v) is 5.03. The number of nitrogens with one attached hydrogen (secondary N) is 1. The van der Waals surface area contributed by atoms with Crippen LogP contribution in [0.15, 0.2) is 70.7 Å². The number of anilines is 1. The van der Waals surface area contributed by atoms with Crippen LogP contribution < -0.4 is 15.0 Å². The Morgan fingerprint density at radius 2 is 1.71 bits per heavy atom. The summed E-state index contributed by atoms with van der Waals surface area (Å²) in [6.07, 6.45) is 1.27. The highest BCUT2D eigenvalue weighted by molar-refractivity contribution is 6.39. The molecule has 2 heterocycles. The van der Waals surface area contributed by atoms with Crippen LogP contribution in [0.2, 0.25) is 0 Å². The highest BCUT2D eigenvalue weighted by Gasteiger charge is 2.37. The molecule has 0 aliphatic carbocycles. The molecule has 0 spiro atoms. The molecular weight excluding hydrogens is 440 g/mol.